The zero-order valence-electron chi connectivity index (χ0n) is 22.4. The fraction of sp³-hybridized carbons (Fsp3) is 0.250. The van der Waals surface area contributed by atoms with Crippen molar-refractivity contribution >= 4 is 17.4 Å². The molecule has 0 bridgehead atoms. The molecule has 0 radical (unpaired) electrons. The van der Waals surface area contributed by atoms with Gasteiger partial charge in [-0.15, -0.1) is 0 Å². The minimum absolute atomic E-state index is 0.0483. The fourth-order valence-corrected chi connectivity index (χ4v) is 5.27. The van der Waals surface area contributed by atoms with E-state index in [4.69, 9.17) is 14.2 Å². The second-order valence-electron chi connectivity index (χ2n) is 9.60. The molecule has 1 amide bonds. The van der Waals surface area contributed by atoms with Crippen LogP contribution in [0, 0.1) is 0 Å². The molecular weight excluding hydrogens is 492 g/mol. The van der Waals surface area contributed by atoms with Crippen LogP contribution in [0.2, 0.25) is 0 Å². The summed E-state index contributed by atoms with van der Waals surface area (Å²) in [5.74, 6) is 0.869. The van der Waals surface area contributed by atoms with Crippen LogP contribution in [0.15, 0.2) is 95.3 Å². The maximum absolute atomic E-state index is 13.8. The molecule has 5 rings (SSSR count). The van der Waals surface area contributed by atoms with E-state index in [2.05, 4.69) is 10.6 Å². The summed E-state index contributed by atoms with van der Waals surface area (Å²) >= 11 is 0. The Morgan fingerprint density at radius 3 is 2.44 bits per heavy atom. The van der Waals surface area contributed by atoms with E-state index in [-0.39, 0.29) is 11.7 Å². The van der Waals surface area contributed by atoms with Crippen LogP contribution < -0.4 is 24.8 Å². The van der Waals surface area contributed by atoms with Gasteiger partial charge in [0.05, 0.1) is 19.9 Å². The summed E-state index contributed by atoms with van der Waals surface area (Å²) in [7, 11) is 3.15. The molecule has 1 aliphatic heterocycles. The summed E-state index contributed by atoms with van der Waals surface area (Å²) in [6.45, 7) is 2.27. The molecule has 7 nitrogen and oxygen atoms in total. The van der Waals surface area contributed by atoms with E-state index < -0.39 is 5.92 Å². The SMILES string of the molecule is COc1ccccc1NC(=O)C1=C(C)NC2=C(C(=O)CCC2)[C@H]1c1ccc(OCc2ccccc2)c(OC)c1. The fourth-order valence-electron chi connectivity index (χ4n) is 5.27. The third-order valence-electron chi connectivity index (χ3n) is 7.13. The summed E-state index contributed by atoms with van der Waals surface area (Å²) in [4.78, 5) is 27.1. The number of hydrogen-bond acceptors (Lipinski definition) is 6. The molecule has 0 fully saturated rings. The number of rotatable bonds is 8. The number of amides is 1. The predicted octanol–water partition coefficient (Wildman–Crippen LogP) is 5.89. The predicted molar refractivity (Wildman–Crippen MR) is 150 cm³/mol. The molecule has 2 aliphatic rings. The molecule has 1 heterocycles. The highest BCUT2D eigenvalue weighted by Gasteiger charge is 2.39. The van der Waals surface area contributed by atoms with E-state index in [1.807, 2.05) is 67.6 Å². The number of carbonyl (C=O) groups is 2. The zero-order chi connectivity index (χ0) is 27.4. The second kappa shape index (κ2) is 11.5. The maximum Gasteiger partial charge on any atom is 0.254 e. The first-order chi connectivity index (χ1) is 19.0. The molecule has 3 aromatic rings. The molecule has 39 heavy (non-hydrogen) atoms. The van der Waals surface area contributed by atoms with Gasteiger partial charge in [0.1, 0.15) is 12.4 Å². The standard InChI is InChI=1S/C32H32N2O5/c1-20-29(32(36)34-23-12-7-8-15-26(23)37-2)30(31-24(33-20)13-9-14-25(31)35)22-16-17-27(28(18-22)38-3)39-19-21-10-5-4-6-11-21/h4-8,10-12,15-18,30,33H,9,13-14,19H2,1-3H3,(H,34,36)/t30-/m0/s1. The Morgan fingerprint density at radius 1 is 0.923 bits per heavy atom. The average Bonchev–Trinajstić information content (AvgIpc) is 2.96. The molecule has 1 atom stereocenters. The summed E-state index contributed by atoms with van der Waals surface area (Å²) in [5.41, 5.74) is 5.09. The number of benzene rings is 3. The van der Waals surface area contributed by atoms with Crippen molar-refractivity contribution in [1.29, 1.82) is 0 Å². The van der Waals surface area contributed by atoms with Crippen LogP contribution in [0.4, 0.5) is 5.69 Å². The molecule has 0 spiro atoms. The molecule has 0 unspecified atom stereocenters. The molecular formula is C32H32N2O5. The minimum Gasteiger partial charge on any atom is -0.495 e. The first kappa shape index (κ1) is 26.1. The molecule has 0 saturated carbocycles. The van der Waals surface area contributed by atoms with Gasteiger partial charge in [-0.3, -0.25) is 9.59 Å². The van der Waals surface area contributed by atoms with Gasteiger partial charge in [-0.05, 0) is 55.2 Å². The third-order valence-corrected chi connectivity index (χ3v) is 7.13. The smallest absolute Gasteiger partial charge is 0.254 e. The Hall–Kier alpha value is -4.52. The quantitative estimate of drug-likeness (QED) is 0.382. The minimum atomic E-state index is -0.555. The first-order valence-corrected chi connectivity index (χ1v) is 13.0. The highest BCUT2D eigenvalue weighted by atomic mass is 16.5. The topological polar surface area (TPSA) is 85.9 Å². The Kier molecular flexibility index (Phi) is 7.68. The summed E-state index contributed by atoms with van der Waals surface area (Å²) in [6, 6.07) is 22.8. The van der Waals surface area contributed by atoms with E-state index >= 15 is 0 Å². The van der Waals surface area contributed by atoms with Gasteiger partial charge in [0.15, 0.2) is 17.3 Å². The number of dihydropyridines is 1. The number of allylic oxidation sites excluding steroid dienone is 3. The van der Waals surface area contributed by atoms with Crippen molar-refractivity contribution < 1.29 is 23.8 Å². The lowest BCUT2D eigenvalue weighted by molar-refractivity contribution is -0.116. The molecule has 3 aromatic carbocycles. The number of Topliss-reactive ketones (excluding diaryl/α,β-unsaturated/α-hetero) is 1. The summed E-state index contributed by atoms with van der Waals surface area (Å²) in [6.07, 6.45) is 1.99. The Bertz CT molecular complexity index is 1460. The van der Waals surface area contributed by atoms with Gasteiger partial charge in [0, 0.05) is 34.9 Å². The highest BCUT2D eigenvalue weighted by Crippen LogP contribution is 2.44. The summed E-state index contributed by atoms with van der Waals surface area (Å²) in [5, 5.41) is 6.36. The maximum atomic E-state index is 13.8. The highest BCUT2D eigenvalue weighted by molar-refractivity contribution is 6.10. The lowest BCUT2D eigenvalue weighted by atomic mass is 9.75. The van der Waals surface area contributed by atoms with Crippen LogP contribution in [0.1, 0.15) is 43.2 Å². The van der Waals surface area contributed by atoms with Crippen molar-refractivity contribution in [3.8, 4) is 17.2 Å². The zero-order valence-corrected chi connectivity index (χ0v) is 22.4. The van der Waals surface area contributed by atoms with Crippen molar-refractivity contribution in [2.24, 2.45) is 0 Å². The number of ether oxygens (including phenoxy) is 3. The van der Waals surface area contributed by atoms with Crippen molar-refractivity contribution in [1.82, 2.24) is 5.32 Å². The van der Waals surface area contributed by atoms with Crippen LogP contribution >= 0.6 is 0 Å². The van der Waals surface area contributed by atoms with Crippen LogP contribution in [-0.4, -0.2) is 25.9 Å². The Morgan fingerprint density at radius 2 is 1.67 bits per heavy atom. The van der Waals surface area contributed by atoms with Gasteiger partial charge in [0.25, 0.3) is 5.91 Å². The molecule has 7 heteroatoms. The number of carbonyl (C=O) groups excluding carboxylic acids is 2. The number of hydrogen-bond donors (Lipinski definition) is 2. The summed E-state index contributed by atoms with van der Waals surface area (Å²) < 4.78 is 17.2. The monoisotopic (exact) mass is 524 g/mol. The van der Waals surface area contributed by atoms with Crippen LogP contribution in [0.25, 0.3) is 0 Å². The van der Waals surface area contributed by atoms with Crippen LogP contribution in [-0.2, 0) is 16.2 Å². The van der Waals surface area contributed by atoms with Crippen molar-refractivity contribution in [2.75, 3.05) is 19.5 Å². The van der Waals surface area contributed by atoms with Crippen molar-refractivity contribution in [2.45, 2.75) is 38.7 Å². The normalized spacial score (nSPS) is 16.8. The van der Waals surface area contributed by atoms with Gasteiger partial charge in [0.2, 0.25) is 0 Å². The third kappa shape index (κ3) is 5.39. The van der Waals surface area contributed by atoms with Gasteiger partial charge >= 0.3 is 0 Å². The van der Waals surface area contributed by atoms with E-state index in [9.17, 15) is 9.59 Å². The van der Waals surface area contributed by atoms with Crippen molar-refractivity contribution in [3.63, 3.8) is 0 Å². The molecule has 1 aliphatic carbocycles. The number of para-hydroxylation sites is 2. The number of ketones is 1. The van der Waals surface area contributed by atoms with Crippen LogP contribution in [0.5, 0.6) is 17.2 Å². The number of nitrogens with one attached hydrogen (secondary N) is 2. The van der Waals surface area contributed by atoms with Gasteiger partial charge in [-0.2, -0.15) is 0 Å². The molecule has 0 aromatic heterocycles. The molecule has 200 valence electrons. The molecule has 0 saturated heterocycles. The Labute approximate surface area is 228 Å². The average molecular weight is 525 g/mol. The van der Waals surface area contributed by atoms with E-state index in [1.165, 1.54) is 0 Å². The number of anilines is 1. The van der Waals surface area contributed by atoms with E-state index in [1.54, 1.807) is 26.4 Å². The second-order valence-corrected chi connectivity index (χ2v) is 9.60. The van der Waals surface area contributed by atoms with E-state index in [0.29, 0.717) is 52.8 Å². The largest absolute Gasteiger partial charge is 0.495 e. The van der Waals surface area contributed by atoms with Crippen molar-refractivity contribution in [3.05, 3.63) is 106 Å². The lowest BCUT2D eigenvalue weighted by Gasteiger charge is -2.34. The van der Waals surface area contributed by atoms with Gasteiger partial charge in [-0.25, -0.2) is 0 Å². The lowest BCUT2D eigenvalue weighted by Crippen LogP contribution is -2.35. The molecule has 2 N–H and O–H groups in total. The van der Waals surface area contributed by atoms with Gasteiger partial charge < -0.3 is 24.8 Å². The van der Waals surface area contributed by atoms with Crippen LogP contribution in [0.3, 0.4) is 0 Å². The van der Waals surface area contributed by atoms with E-state index in [0.717, 1.165) is 29.7 Å². The Balaban J connectivity index is 1.52. The first-order valence-electron chi connectivity index (χ1n) is 13.0. The number of methoxy groups -OCH3 is 2. The van der Waals surface area contributed by atoms with Gasteiger partial charge in [-0.1, -0.05) is 48.5 Å².